The van der Waals surface area contributed by atoms with Crippen LogP contribution in [0.15, 0.2) is 41.8 Å². The van der Waals surface area contributed by atoms with E-state index in [0.717, 1.165) is 18.4 Å². The van der Waals surface area contributed by atoms with E-state index in [2.05, 4.69) is 54.9 Å². The lowest BCUT2D eigenvalue weighted by atomic mass is 9.48. The van der Waals surface area contributed by atoms with Crippen LogP contribution in [0, 0.1) is 28.6 Å². The van der Waals surface area contributed by atoms with Crippen LogP contribution in [0.1, 0.15) is 57.9 Å². The molecule has 6 rings (SSSR count). The molecule has 0 radical (unpaired) electrons. The summed E-state index contributed by atoms with van der Waals surface area (Å²) in [6, 6.07) is 8.98. The molecule has 1 aromatic carbocycles. The number of nitrogens with zero attached hydrogens (tertiary/aromatic N) is 1. The van der Waals surface area contributed by atoms with E-state index >= 15 is 0 Å². The fourth-order valence-electron chi connectivity index (χ4n) is 8.56. The Kier molecular flexibility index (Phi) is 5.22. The van der Waals surface area contributed by atoms with Gasteiger partial charge in [0.05, 0.1) is 6.42 Å². The summed E-state index contributed by atoms with van der Waals surface area (Å²) in [7, 11) is 1.99. The van der Waals surface area contributed by atoms with E-state index < -0.39 is 0 Å². The quantitative estimate of drug-likeness (QED) is 0.630. The molecule has 5 heteroatoms. The molecular weight excluding hydrogens is 440 g/mol. The lowest BCUT2D eigenvalue weighted by molar-refractivity contribution is -0.138. The van der Waals surface area contributed by atoms with E-state index in [4.69, 9.17) is 0 Å². The lowest BCUT2D eigenvalue weighted by Crippen LogP contribution is -2.60. The second-order valence-electron chi connectivity index (χ2n) is 11.8. The standard InChI is InChI=1S/C29H36N2O2S/c1-28-14-12-22-20(8-11-25-29(22,2)15-13-27(33)31(25)3)21(28)9-10-24(28)30-26(32)16-18-17-34-23-7-5-4-6-19(18)23/h4-7,13,15,17,20-22,24-25H,8-12,14,16H2,1-3H3,(H,30,32)/t20-,21-,22-,24?,25+,28-,29+/m0/s1. The first-order valence-electron chi connectivity index (χ1n) is 13.0. The van der Waals surface area contributed by atoms with E-state index in [1.54, 1.807) is 11.3 Å². The van der Waals surface area contributed by atoms with Gasteiger partial charge in [-0.05, 0) is 90.2 Å². The summed E-state index contributed by atoms with van der Waals surface area (Å²) in [6.07, 6.45) is 11.5. The predicted molar refractivity (Wildman–Crippen MR) is 138 cm³/mol. The summed E-state index contributed by atoms with van der Waals surface area (Å²) in [5.74, 6) is 2.30. The molecule has 4 nitrogen and oxygen atoms in total. The Hall–Kier alpha value is -2.14. The molecule has 1 aliphatic heterocycles. The summed E-state index contributed by atoms with van der Waals surface area (Å²) < 4.78 is 1.25. The van der Waals surface area contributed by atoms with Gasteiger partial charge in [0.2, 0.25) is 11.8 Å². The summed E-state index contributed by atoms with van der Waals surface area (Å²) in [4.78, 5) is 27.5. The SMILES string of the molecule is CN1C(=O)C=C[C@]2(C)[C@H]3CC[C@]4(C)C(NC(=O)Cc5csc6ccccc56)CC[C@H]4[C@@H]3CC[C@@H]12. The van der Waals surface area contributed by atoms with E-state index in [0.29, 0.717) is 30.2 Å². The van der Waals surface area contributed by atoms with Crippen molar-refractivity contribution >= 4 is 33.2 Å². The van der Waals surface area contributed by atoms with Crippen LogP contribution in [0.4, 0.5) is 0 Å². The zero-order chi connectivity index (χ0) is 23.7. The third-order valence-electron chi connectivity index (χ3n) is 10.4. The molecule has 7 atom stereocenters. The maximum absolute atomic E-state index is 13.2. The molecule has 1 aromatic heterocycles. The molecular formula is C29H36N2O2S. The van der Waals surface area contributed by atoms with Gasteiger partial charge in [-0.2, -0.15) is 0 Å². The van der Waals surface area contributed by atoms with Gasteiger partial charge in [-0.15, -0.1) is 11.3 Å². The van der Waals surface area contributed by atoms with Gasteiger partial charge in [0, 0.05) is 29.2 Å². The second-order valence-corrected chi connectivity index (χ2v) is 12.7. The molecule has 0 saturated heterocycles. The summed E-state index contributed by atoms with van der Waals surface area (Å²) in [6.45, 7) is 4.85. The monoisotopic (exact) mass is 476 g/mol. The number of nitrogens with one attached hydrogen (secondary N) is 1. The molecule has 1 N–H and O–H groups in total. The van der Waals surface area contributed by atoms with Crippen molar-refractivity contribution in [2.75, 3.05) is 7.05 Å². The first-order valence-corrected chi connectivity index (χ1v) is 13.9. The highest BCUT2D eigenvalue weighted by Crippen LogP contribution is 2.63. The first-order chi connectivity index (χ1) is 16.3. The minimum atomic E-state index is 0.0776. The van der Waals surface area contributed by atoms with Crippen molar-refractivity contribution in [2.24, 2.45) is 28.6 Å². The van der Waals surface area contributed by atoms with E-state index in [9.17, 15) is 9.59 Å². The fourth-order valence-corrected chi connectivity index (χ4v) is 9.53. The predicted octanol–water partition coefficient (Wildman–Crippen LogP) is 5.57. The molecule has 3 fully saturated rings. The minimum Gasteiger partial charge on any atom is -0.353 e. The Labute approximate surface area is 206 Å². The van der Waals surface area contributed by atoms with Gasteiger partial charge in [0.1, 0.15) is 0 Å². The molecule has 1 unspecified atom stereocenters. The zero-order valence-electron chi connectivity index (χ0n) is 20.5. The lowest BCUT2D eigenvalue weighted by Gasteiger charge is -2.60. The number of hydrogen-bond donors (Lipinski definition) is 1. The van der Waals surface area contributed by atoms with Crippen LogP contribution >= 0.6 is 11.3 Å². The number of rotatable bonds is 3. The van der Waals surface area contributed by atoms with Crippen molar-refractivity contribution in [3.05, 3.63) is 47.4 Å². The number of thiophene rings is 1. The Morgan fingerprint density at radius 3 is 2.79 bits per heavy atom. The molecule has 0 bridgehead atoms. The van der Waals surface area contributed by atoms with Gasteiger partial charge in [-0.1, -0.05) is 38.1 Å². The number of likely N-dealkylation sites (N-methyl/N-ethyl adjacent to an activating group) is 1. The fraction of sp³-hybridized carbons (Fsp3) is 0.586. The molecule has 2 amide bonds. The van der Waals surface area contributed by atoms with Crippen molar-refractivity contribution in [3.63, 3.8) is 0 Å². The normalized spacial score (nSPS) is 39.0. The molecule has 4 aliphatic rings. The van der Waals surface area contributed by atoms with Gasteiger partial charge in [0.15, 0.2) is 0 Å². The van der Waals surface area contributed by atoms with Gasteiger partial charge >= 0.3 is 0 Å². The van der Waals surface area contributed by atoms with Gasteiger partial charge < -0.3 is 10.2 Å². The smallest absolute Gasteiger partial charge is 0.246 e. The third kappa shape index (κ3) is 3.22. The van der Waals surface area contributed by atoms with E-state index in [-0.39, 0.29) is 28.7 Å². The Morgan fingerprint density at radius 1 is 1.12 bits per heavy atom. The highest BCUT2D eigenvalue weighted by Gasteiger charge is 2.60. The van der Waals surface area contributed by atoms with E-state index in [1.807, 2.05) is 18.0 Å². The summed E-state index contributed by atoms with van der Waals surface area (Å²) >= 11 is 1.73. The average Bonchev–Trinajstić information content (AvgIpc) is 3.37. The van der Waals surface area contributed by atoms with Crippen molar-refractivity contribution < 1.29 is 9.59 Å². The Bertz CT molecular complexity index is 1170. The number of carbonyl (C=O) groups excluding carboxylic acids is 2. The maximum Gasteiger partial charge on any atom is 0.246 e. The largest absolute Gasteiger partial charge is 0.353 e. The molecule has 2 aromatic rings. The molecule has 2 heterocycles. The summed E-state index contributed by atoms with van der Waals surface area (Å²) in [5, 5.41) is 6.86. The van der Waals surface area contributed by atoms with Crippen LogP contribution in [0.2, 0.25) is 0 Å². The molecule has 180 valence electrons. The highest BCUT2D eigenvalue weighted by molar-refractivity contribution is 7.17. The summed E-state index contributed by atoms with van der Waals surface area (Å²) in [5.41, 5.74) is 1.40. The van der Waals surface area contributed by atoms with Crippen LogP contribution in [0.25, 0.3) is 10.1 Å². The van der Waals surface area contributed by atoms with Crippen LogP contribution in [-0.4, -0.2) is 35.8 Å². The molecule has 0 spiro atoms. The van der Waals surface area contributed by atoms with Crippen LogP contribution in [-0.2, 0) is 16.0 Å². The zero-order valence-corrected chi connectivity index (χ0v) is 21.4. The Balaban J connectivity index is 1.18. The Morgan fingerprint density at radius 2 is 1.94 bits per heavy atom. The minimum absolute atomic E-state index is 0.0776. The van der Waals surface area contributed by atoms with Crippen molar-refractivity contribution in [2.45, 2.75) is 70.9 Å². The highest BCUT2D eigenvalue weighted by atomic mass is 32.1. The third-order valence-corrected chi connectivity index (χ3v) is 11.4. The number of fused-ring (bicyclic) bond motifs is 6. The number of benzene rings is 1. The van der Waals surface area contributed by atoms with Crippen LogP contribution in [0.3, 0.4) is 0 Å². The van der Waals surface area contributed by atoms with Crippen molar-refractivity contribution in [1.29, 1.82) is 0 Å². The van der Waals surface area contributed by atoms with Gasteiger partial charge in [-0.3, -0.25) is 9.59 Å². The molecule has 3 saturated carbocycles. The number of carbonyl (C=O) groups is 2. The van der Waals surface area contributed by atoms with Crippen molar-refractivity contribution in [3.8, 4) is 0 Å². The number of hydrogen-bond acceptors (Lipinski definition) is 3. The first kappa shape index (κ1) is 22.3. The van der Waals surface area contributed by atoms with Gasteiger partial charge in [-0.25, -0.2) is 0 Å². The molecule has 34 heavy (non-hydrogen) atoms. The van der Waals surface area contributed by atoms with Crippen LogP contribution in [0.5, 0.6) is 0 Å². The number of amides is 2. The van der Waals surface area contributed by atoms with Gasteiger partial charge in [0.25, 0.3) is 0 Å². The van der Waals surface area contributed by atoms with E-state index in [1.165, 1.54) is 35.8 Å². The van der Waals surface area contributed by atoms with Crippen LogP contribution < -0.4 is 5.32 Å². The van der Waals surface area contributed by atoms with Crippen molar-refractivity contribution in [1.82, 2.24) is 10.2 Å². The molecule has 3 aliphatic carbocycles. The topological polar surface area (TPSA) is 49.4 Å². The second kappa shape index (κ2) is 7.94. The maximum atomic E-state index is 13.2. The average molecular weight is 477 g/mol.